The number of piperidine rings is 1. The molecule has 130 valence electrons. The number of ether oxygens (including phenoxy) is 1. The Hall–Kier alpha value is -1.69. The number of nitrogens with zero attached hydrogens (tertiary/aromatic N) is 2. The van der Waals surface area contributed by atoms with Gasteiger partial charge in [-0.15, -0.1) is 0 Å². The van der Waals surface area contributed by atoms with Crippen molar-refractivity contribution in [3.05, 3.63) is 35.9 Å². The zero-order valence-corrected chi connectivity index (χ0v) is 14.4. The fourth-order valence-electron chi connectivity index (χ4n) is 3.28. The van der Waals surface area contributed by atoms with Crippen LogP contribution in [0.25, 0.3) is 10.9 Å². The van der Waals surface area contributed by atoms with Crippen LogP contribution in [-0.4, -0.2) is 49.5 Å². The number of pyridine rings is 1. The molecule has 1 aliphatic rings. The van der Waals surface area contributed by atoms with E-state index in [0.717, 1.165) is 29.8 Å². The van der Waals surface area contributed by atoms with Crippen molar-refractivity contribution in [1.29, 1.82) is 0 Å². The molecule has 2 aromatic rings. The number of aromatic nitrogens is 1. The molecule has 0 bridgehead atoms. The minimum atomic E-state index is -0.484. The van der Waals surface area contributed by atoms with Crippen molar-refractivity contribution >= 4 is 16.7 Å². The van der Waals surface area contributed by atoms with Crippen LogP contribution in [0.3, 0.4) is 0 Å². The van der Waals surface area contributed by atoms with Crippen molar-refractivity contribution in [2.45, 2.75) is 31.9 Å². The van der Waals surface area contributed by atoms with Crippen molar-refractivity contribution in [1.82, 2.24) is 10.3 Å². The van der Waals surface area contributed by atoms with Gasteiger partial charge in [0.25, 0.3) is 0 Å². The largest absolute Gasteiger partial charge is 0.389 e. The first-order valence-electron chi connectivity index (χ1n) is 8.79. The van der Waals surface area contributed by atoms with Crippen molar-refractivity contribution in [2.75, 3.05) is 38.3 Å². The van der Waals surface area contributed by atoms with Crippen molar-refractivity contribution in [2.24, 2.45) is 0 Å². The van der Waals surface area contributed by atoms with Gasteiger partial charge in [-0.2, -0.15) is 0 Å². The van der Waals surface area contributed by atoms with Gasteiger partial charge in [0.15, 0.2) is 0 Å². The number of hydrogen-bond donors (Lipinski definition) is 2. The van der Waals surface area contributed by atoms with Crippen LogP contribution >= 0.6 is 0 Å². The predicted molar refractivity (Wildman–Crippen MR) is 97.4 cm³/mol. The van der Waals surface area contributed by atoms with Crippen LogP contribution in [0.2, 0.25) is 0 Å². The second kappa shape index (κ2) is 8.42. The Morgan fingerprint density at radius 2 is 2.04 bits per heavy atom. The number of para-hydroxylation sites is 1. The Bertz CT molecular complexity index is 656. The van der Waals surface area contributed by atoms with Crippen LogP contribution in [0.4, 0.5) is 5.82 Å². The molecule has 0 spiro atoms. The number of aliphatic hydroxyl groups excluding tert-OH is 1. The summed E-state index contributed by atoms with van der Waals surface area (Å²) < 4.78 is 4.97. The van der Waals surface area contributed by atoms with E-state index in [0.29, 0.717) is 19.7 Å². The van der Waals surface area contributed by atoms with E-state index < -0.39 is 6.10 Å². The highest BCUT2D eigenvalue weighted by Crippen LogP contribution is 2.26. The van der Waals surface area contributed by atoms with E-state index >= 15 is 0 Å². The van der Waals surface area contributed by atoms with Gasteiger partial charge in [-0.25, -0.2) is 4.98 Å². The normalized spacial score (nSPS) is 16.5. The van der Waals surface area contributed by atoms with Gasteiger partial charge < -0.3 is 20.1 Å². The van der Waals surface area contributed by atoms with E-state index in [4.69, 9.17) is 9.72 Å². The first-order valence-corrected chi connectivity index (χ1v) is 8.79. The molecular formula is C19H27N3O2. The van der Waals surface area contributed by atoms with Gasteiger partial charge in [0.1, 0.15) is 5.82 Å². The zero-order chi connectivity index (χ0) is 16.8. The van der Waals surface area contributed by atoms with Gasteiger partial charge in [0, 0.05) is 44.2 Å². The van der Waals surface area contributed by atoms with Gasteiger partial charge in [-0.05, 0) is 31.4 Å². The van der Waals surface area contributed by atoms with Crippen LogP contribution in [0.5, 0.6) is 0 Å². The Morgan fingerprint density at radius 1 is 1.25 bits per heavy atom. The van der Waals surface area contributed by atoms with Crippen molar-refractivity contribution < 1.29 is 9.84 Å². The number of aliphatic hydroxyl groups is 1. The second-order valence-corrected chi connectivity index (χ2v) is 6.45. The topological polar surface area (TPSA) is 57.6 Å². The summed E-state index contributed by atoms with van der Waals surface area (Å²) in [6, 6.07) is 10.5. The maximum atomic E-state index is 9.80. The Kier molecular flexibility index (Phi) is 6.01. The maximum Gasteiger partial charge on any atom is 0.133 e. The highest BCUT2D eigenvalue weighted by atomic mass is 16.5. The van der Waals surface area contributed by atoms with Gasteiger partial charge >= 0.3 is 0 Å². The second-order valence-electron chi connectivity index (χ2n) is 6.45. The molecule has 1 saturated heterocycles. The molecule has 0 aliphatic carbocycles. The summed E-state index contributed by atoms with van der Waals surface area (Å²) in [4.78, 5) is 7.33. The summed E-state index contributed by atoms with van der Waals surface area (Å²) in [5.74, 6) is 1.09. The van der Waals surface area contributed by atoms with Crippen molar-refractivity contribution in [3.8, 4) is 0 Å². The van der Waals surface area contributed by atoms with Crippen LogP contribution < -0.4 is 10.2 Å². The standard InChI is InChI=1S/C19H27N3O2/c1-24-14-17(23)13-20-12-16-11-15-7-3-4-8-18(15)21-19(16)22-9-5-2-6-10-22/h3-4,7-8,11,17,20,23H,2,5-6,9-10,12-14H2,1H3. The molecule has 5 nitrogen and oxygen atoms in total. The molecule has 1 fully saturated rings. The average molecular weight is 329 g/mol. The number of rotatable bonds is 7. The number of nitrogens with one attached hydrogen (secondary N) is 1. The first-order chi connectivity index (χ1) is 11.8. The van der Waals surface area contributed by atoms with Gasteiger partial charge in [-0.3, -0.25) is 0 Å². The molecule has 3 rings (SSSR count). The molecule has 5 heteroatoms. The van der Waals surface area contributed by atoms with E-state index in [1.54, 1.807) is 7.11 Å². The molecule has 0 radical (unpaired) electrons. The number of benzene rings is 1. The van der Waals surface area contributed by atoms with Gasteiger partial charge in [0.05, 0.1) is 18.2 Å². The summed E-state index contributed by atoms with van der Waals surface area (Å²) in [6.45, 7) is 3.71. The predicted octanol–water partition coefficient (Wildman–Crippen LogP) is 2.32. The molecule has 1 aromatic carbocycles. The highest BCUT2D eigenvalue weighted by Gasteiger charge is 2.17. The molecule has 1 unspecified atom stereocenters. The summed E-state index contributed by atoms with van der Waals surface area (Å²) in [5, 5.41) is 14.3. The summed E-state index contributed by atoms with van der Waals surface area (Å²) in [6.07, 6.45) is 3.28. The van der Waals surface area contributed by atoms with Crippen LogP contribution in [-0.2, 0) is 11.3 Å². The number of anilines is 1. The third kappa shape index (κ3) is 4.23. The van der Waals surface area contributed by atoms with E-state index in [9.17, 15) is 5.11 Å². The molecule has 1 atom stereocenters. The van der Waals surface area contributed by atoms with E-state index in [1.807, 2.05) is 12.1 Å². The fraction of sp³-hybridized carbons (Fsp3) is 0.526. The highest BCUT2D eigenvalue weighted by molar-refractivity contribution is 5.81. The maximum absolute atomic E-state index is 9.80. The lowest BCUT2D eigenvalue weighted by Crippen LogP contribution is -2.33. The van der Waals surface area contributed by atoms with Crippen LogP contribution in [0.15, 0.2) is 30.3 Å². The molecule has 24 heavy (non-hydrogen) atoms. The lowest BCUT2D eigenvalue weighted by Gasteiger charge is -2.30. The number of hydrogen-bond acceptors (Lipinski definition) is 5. The average Bonchev–Trinajstić information content (AvgIpc) is 2.62. The van der Waals surface area contributed by atoms with Crippen LogP contribution in [0, 0.1) is 0 Å². The van der Waals surface area contributed by atoms with Crippen molar-refractivity contribution in [3.63, 3.8) is 0 Å². The minimum absolute atomic E-state index is 0.349. The summed E-state index contributed by atoms with van der Waals surface area (Å²) in [5.41, 5.74) is 2.24. The molecule has 1 aliphatic heterocycles. The SMILES string of the molecule is COCC(O)CNCc1cc2ccccc2nc1N1CCCCC1. The smallest absolute Gasteiger partial charge is 0.133 e. The summed E-state index contributed by atoms with van der Waals surface area (Å²) in [7, 11) is 1.60. The zero-order valence-electron chi connectivity index (χ0n) is 14.4. The minimum Gasteiger partial charge on any atom is -0.389 e. The molecule has 2 N–H and O–H groups in total. The van der Waals surface area contributed by atoms with Crippen LogP contribution in [0.1, 0.15) is 24.8 Å². The Balaban J connectivity index is 1.80. The third-order valence-electron chi connectivity index (χ3n) is 4.49. The molecule has 0 amide bonds. The Labute approximate surface area is 143 Å². The number of methoxy groups -OCH3 is 1. The lowest BCUT2D eigenvalue weighted by molar-refractivity contribution is 0.0644. The van der Waals surface area contributed by atoms with Gasteiger partial charge in [0.2, 0.25) is 0 Å². The fourth-order valence-corrected chi connectivity index (χ4v) is 3.28. The monoisotopic (exact) mass is 329 g/mol. The molecular weight excluding hydrogens is 302 g/mol. The Morgan fingerprint density at radius 3 is 2.83 bits per heavy atom. The van der Waals surface area contributed by atoms with Gasteiger partial charge in [-0.1, -0.05) is 18.2 Å². The first kappa shape index (κ1) is 17.1. The number of fused-ring (bicyclic) bond motifs is 1. The van der Waals surface area contributed by atoms with E-state index in [-0.39, 0.29) is 0 Å². The van der Waals surface area contributed by atoms with E-state index in [2.05, 4.69) is 28.4 Å². The quantitative estimate of drug-likeness (QED) is 0.816. The molecule has 2 heterocycles. The molecule has 1 aromatic heterocycles. The summed E-state index contributed by atoms with van der Waals surface area (Å²) >= 11 is 0. The van der Waals surface area contributed by atoms with E-state index in [1.165, 1.54) is 24.8 Å². The molecule has 0 saturated carbocycles. The third-order valence-corrected chi connectivity index (χ3v) is 4.49. The lowest BCUT2D eigenvalue weighted by atomic mass is 10.1.